The van der Waals surface area contributed by atoms with E-state index in [4.69, 9.17) is 4.42 Å². The van der Waals surface area contributed by atoms with Crippen LogP contribution in [0.2, 0.25) is 0 Å². The Labute approximate surface area is 120 Å². The SMILES string of the molecule is Cc1ccc(CCC(=O)NC(C)c2ccc(C)o2)cc1. The van der Waals surface area contributed by atoms with E-state index in [-0.39, 0.29) is 11.9 Å². The van der Waals surface area contributed by atoms with Crippen molar-refractivity contribution in [3.8, 4) is 0 Å². The number of furan rings is 1. The number of amides is 1. The smallest absolute Gasteiger partial charge is 0.220 e. The van der Waals surface area contributed by atoms with Gasteiger partial charge in [-0.15, -0.1) is 0 Å². The van der Waals surface area contributed by atoms with Crippen molar-refractivity contribution in [3.05, 3.63) is 59.0 Å². The molecule has 0 radical (unpaired) electrons. The summed E-state index contributed by atoms with van der Waals surface area (Å²) in [6, 6.07) is 12.0. The molecule has 0 saturated heterocycles. The molecule has 0 aliphatic carbocycles. The second-order valence-electron chi connectivity index (χ2n) is 5.22. The zero-order valence-corrected chi connectivity index (χ0v) is 12.3. The molecule has 0 bridgehead atoms. The minimum absolute atomic E-state index is 0.0483. The number of aryl methyl sites for hydroxylation is 3. The van der Waals surface area contributed by atoms with Gasteiger partial charge in [0, 0.05) is 6.42 Å². The Morgan fingerprint density at radius 1 is 1.15 bits per heavy atom. The summed E-state index contributed by atoms with van der Waals surface area (Å²) in [4.78, 5) is 11.9. The quantitative estimate of drug-likeness (QED) is 0.900. The van der Waals surface area contributed by atoms with Crippen LogP contribution in [0.15, 0.2) is 40.8 Å². The van der Waals surface area contributed by atoms with Crippen LogP contribution < -0.4 is 5.32 Å². The topological polar surface area (TPSA) is 42.2 Å². The van der Waals surface area contributed by atoms with Gasteiger partial charge < -0.3 is 9.73 Å². The first-order chi connectivity index (χ1) is 9.54. The Hall–Kier alpha value is -2.03. The lowest BCUT2D eigenvalue weighted by molar-refractivity contribution is -0.121. The summed E-state index contributed by atoms with van der Waals surface area (Å²) >= 11 is 0. The Morgan fingerprint density at radius 2 is 1.85 bits per heavy atom. The van der Waals surface area contributed by atoms with Crippen molar-refractivity contribution >= 4 is 5.91 Å². The molecule has 0 saturated carbocycles. The fraction of sp³-hybridized carbons (Fsp3) is 0.353. The lowest BCUT2D eigenvalue weighted by Crippen LogP contribution is -2.26. The molecule has 106 valence electrons. The van der Waals surface area contributed by atoms with Crippen molar-refractivity contribution in [2.45, 2.75) is 39.7 Å². The van der Waals surface area contributed by atoms with Gasteiger partial charge in [-0.2, -0.15) is 0 Å². The third kappa shape index (κ3) is 3.98. The summed E-state index contributed by atoms with van der Waals surface area (Å²) in [5.41, 5.74) is 2.42. The molecule has 1 unspecified atom stereocenters. The zero-order chi connectivity index (χ0) is 14.5. The van der Waals surface area contributed by atoms with Crippen LogP contribution in [0.5, 0.6) is 0 Å². The number of benzene rings is 1. The molecule has 20 heavy (non-hydrogen) atoms. The molecule has 3 heteroatoms. The van der Waals surface area contributed by atoms with Gasteiger partial charge in [-0.05, 0) is 44.9 Å². The standard InChI is InChI=1S/C17H21NO2/c1-12-4-7-15(8-5-12)9-11-17(19)18-14(3)16-10-6-13(2)20-16/h4-8,10,14H,9,11H2,1-3H3,(H,18,19). The number of carbonyl (C=O) groups is 1. The monoisotopic (exact) mass is 271 g/mol. The Balaban J connectivity index is 1.82. The van der Waals surface area contributed by atoms with Gasteiger partial charge in [0.25, 0.3) is 0 Å². The lowest BCUT2D eigenvalue weighted by atomic mass is 10.1. The molecule has 0 fully saturated rings. The highest BCUT2D eigenvalue weighted by Gasteiger charge is 2.12. The number of nitrogens with one attached hydrogen (secondary N) is 1. The highest BCUT2D eigenvalue weighted by molar-refractivity contribution is 5.76. The first-order valence-electron chi connectivity index (χ1n) is 6.96. The molecule has 1 atom stereocenters. The van der Waals surface area contributed by atoms with Crippen LogP contribution in [0.3, 0.4) is 0 Å². The van der Waals surface area contributed by atoms with Gasteiger partial charge in [0.1, 0.15) is 11.5 Å². The number of hydrogen-bond acceptors (Lipinski definition) is 2. The van der Waals surface area contributed by atoms with E-state index in [0.717, 1.165) is 17.9 Å². The molecule has 2 rings (SSSR count). The Morgan fingerprint density at radius 3 is 2.45 bits per heavy atom. The van der Waals surface area contributed by atoms with Gasteiger partial charge in [0.15, 0.2) is 0 Å². The molecule has 3 nitrogen and oxygen atoms in total. The first kappa shape index (κ1) is 14.4. The normalized spacial score (nSPS) is 12.2. The van der Waals surface area contributed by atoms with Gasteiger partial charge in [-0.3, -0.25) is 4.79 Å². The van der Waals surface area contributed by atoms with E-state index < -0.39 is 0 Å². The van der Waals surface area contributed by atoms with E-state index >= 15 is 0 Å². The van der Waals surface area contributed by atoms with Crippen LogP contribution in [-0.4, -0.2) is 5.91 Å². The molecule has 0 spiro atoms. The summed E-state index contributed by atoms with van der Waals surface area (Å²) in [6.07, 6.45) is 1.25. The number of hydrogen-bond donors (Lipinski definition) is 1. The summed E-state index contributed by atoms with van der Waals surface area (Å²) < 4.78 is 5.51. The maximum Gasteiger partial charge on any atom is 0.220 e. The van der Waals surface area contributed by atoms with E-state index in [2.05, 4.69) is 36.5 Å². The average Bonchev–Trinajstić information content (AvgIpc) is 2.85. The molecular weight excluding hydrogens is 250 g/mol. The van der Waals surface area contributed by atoms with Crippen LogP contribution >= 0.6 is 0 Å². The molecule has 0 aliphatic rings. The molecule has 0 aliphatic heterocycles. The Bertz CT molecular complexity index is 569. The number of carbonyl (C=O) groups excluding carboxylic acids is 1. The van der Waals surface area contributed by atoms with E-state index in [0.29, 0.717) is 6.42 Å². The zero-order valence-electron chi connectivity index (χ0n) is 12.3. The van der Waals surface area contributed by atoms with Crippen molar-refractivity contribution in [2.24, 2.45) is 0 Å². The summed E-state index contributed by atoms with van der Waals surface area (Å²) in [7, 11) is 0. The van der Waals surface area contributed by atoms with Crippen LogP contribution in [-0.2, 0) is 11.2 Å². The number of rotatable bonds is 5. The van der Waals surface area contributed by atoms with Gasteiger partial charge >= 0.3 is 0 Å². The van der Waals surface area contributed by atoms with Crippen LogP contribution in [0, 0.1) is 13.8 Å². The van der Waals surface area contributed by atoms with Crippen molar-refractivity contribution in [2.75, 3.05) is 0 Å². The predicted molar refractivity (Wildman–Crippen MR) is 79.5 cm³/mol. The minimum Gasteiger partial charge on any atom is -0.464 e. The van der Waals surface area contributed by atoms with Crippen molar-refractivity contribution in [1.82, 2.24) is 5.32 Å². The maximum absolute atomic E-state index is 11.9. The fourth-order valence-corrected chi connectivity index (χ4v) is 2.08. The van der Waals surface area contributed by atoms with E-state index in [9.17, 15) is 4.79 Å². The summed E-state index contributed by atoms with van der Waals surface area (Å²) in [6.45, 7) is 5.89. The third-order valence-corrected chi connectivity index (χ3v) is 3.33. The van der Waals surface area contributed by atoms with Gasteiger partial charge in [0.05, 0.1) is 6.04 Å². The predicted octanol–water partition coefficient (Wildman–Crippen LogP) is 3.71. The molecule has 2 aromatic rings. The van der Waals surface area contributed by atoms with Gasteiger partial charge in [-0.1, -0.05) is 29.8 Å². The van der Waals surface area contributed by atoms with E-state index in [1.807, 2.05) is 26.0 Å². The average molecular weight is 271 g/mol. The van der Waals surface area contributed by atoms with Gasteiger partial charge in [-0.25, -0.2) is 0 Å². The Kier molecular flexibility index (Phi) is 4.61. The van der Waals surface area contributed by atoms with Gasteiger partial charge in [0.2, 0.25) is 5.91 Å². The fourth-order valence-electron chi connectivity index (χ4n) is 2.08. The van der Waals surface area contributed by atoms with E-state index in [1.54, 1.807) is 0 Å². The molecule has 1 amide bonds. The van der Waals surface area contributed by atoms with Crippen LogP contribution in [0.25, 0.3) is 0 Å². The second-order valence-corrected chi connectivity index (χ2v) is 5.22. The van der Waals surface area contributed by atoms with Crippen LogP contribution in [0.4, 0.5) is 0 Å². The van der Waals surface area contributed by atoms with Crippen molar-refractivity contribution in [1.29, 1.82) is 0 Å². The van der Waals surface area contributed by atoms with E-state index in [1.165, 1.54) is 11.1 Å². The molecule has 1 N–H and O–H groups in total. The first-order valence-corrected chi connectivity index (χ1v) is 6.96. The lowest BCUT2D eigenvalue weighted by Gasteiger charge is -2.11. The highest BCUT2D eigenvalue weighted by atomic mass is 16.3. The molecule has 1 aromatic heterocycles. The maximum atomic E-state index is 11.9. The summed E-state index contributed by atoms with van der Waals surface area (Å²) in [5, 5.41) is 2.96. The molecule has 1 aromatic carbocycles. The second kappa shape index (κ2) is 6.42. The molecule has 1 heterocycles. The summed E-state index contributed by atoms with van der Waals surface area (Å²) in [5.74, 6) is 1.71. The van der Waals surface area contributed by atoms with Crippen molar-refractivity contribution in [3.63, 3.8) is 0 Å². The molecular formula is C17H21NO2. The largest absolute Gasteiger partial charge is 0.464 e. The van der Waals surface area contributed by atoms with Crippen LogP contribution in [0.1, 0.15) is 42.0 Å². The van der Waals surface area contributed by atoms with Crippen molar-refractivity contribution < 1.29 is 9.21 Å². The minimum atomic E-state index is -0.0887. The third-order valence-electron chi connectivity index (χ3n) is 3.33. The highest BCUT2D eigenvalue weighted by Crippen LogP contribution is 2.15.